The third kappa shape index (κ3) is 4.77. The second kappa shape index (κ2) is 9.44. The van der Waals surface area contributed by atoms with E-state index in [9.17, 15) is 4.79 Å². The first-order chi connectivity index (χ1) is 15.4. The van der Waals surface area contributed by atoms with Gasteiger partial charge in [0, 0.05) is 30.2 Å². The second-order valence-corrected chi connectivity index (χ2v) is 8.30. The van der Waals surface area contributed by atoms with Crippen LogP contribution < -0.4 is 11.1 Å². The molecule has 0 spiro atoms. The number of nitrogens with zero attached hydrogens (tertiary/aromatic N) is 4. The fourth-order valence-electron chi connectivity index (χ4n) is 3.65. The predicted molar refractivity (Wildman–Crippen MR) is 125 cm³/mol. The van der Waals surface area contributed by atoms with Crippen LogP contribution in [-0.4, -0.2) is 37.2 Å². The maximum Gasteiger partial charge on any atom is 0.407 e. The number of nitrogen functional groups attached to an aromatic ring is 1. The molecule has 0 saturated carbocycles. The van der Waals surface area contributed by atoms with E-state index in [1.165, 1.54) is 10.9 Å². The van der Waals surface area contributed by atoms with Crippen molar-refractivity contribution in [3.63, 3.8) is 0 Å². The Morgan fingerprint density at radius 2 is 2.16 bits per heavy atom. The van der Waals surface area contributed by atoms with Crippen LogP contribution in [0.4, 0.5) is 10.6 Å². The lowest BCUT2D eigenvalue weighted by molar-refractivity contribution is 0.143. The highest BCUT2D eigenvalue weighted by Gasteiger charge is 2.11. The SMILES string of the molecule is CC(C)c1c[nH]c2ccc(CNC(=O)OCCCCn3cnc4c(N)nc(Cl)nc43)cc12. The van der Waals surface area contributed by atoms with E-state index in [4.69, 9.17) is 22.1 Å². The number of anilines is 1. The molecule has 0 aliphatic rings. The largest absolute Gasteiger partial charge is 0.450 e. The summed E-state index contributed by atoms with van der Waals surface area (Å²) in [6, 6.07) is 6.15. The highest BCUT2D eigenvalue weighted by molar-refractivity contribution is 6.28. The van der Waals surface area contributed by atoms with Crippen LogP contribution in [0.5, 0.6) is 0 Å². The lowest BCUT2D eigenvalue weighted by atomic mass is 10.0. The summed E-state index contributed by atoms with van der Waals surface area (Å²) in [7, 11) is 0. The molecule has 3 aromatic heterocycles. The Balaban J connectivity index is 1.21. The fourth-order valence-corrected chi connectivity index (χ4v) is 3.82. The number of aromatic amines is 1. The van der Waals surface area contributed by atoms with Gasteiger partial charge in [0.05, 0.1) is 12.9 Å². The molecule has 0 unspecified atom stereocenters. The van der Waals surface area contributed by atoms with Crippen molar-refractivity contribution in [2.45, 2.75) is 45.7 Å². The number of aryl methyl sites for hydroxylation is 1. The summed E-state index contributed by atoms with van der Waals surface area (Å²) >= 11 is 5.88. The standard InChI is InChI=1S/C22H26ClN7O2/c1-13(2)16-11-25-17-6-5-14(9-15(16)17)10-26-22(31)32-8-4-3-7-30-12-27-18-19(24)28-21(23)29-20(18)30/h5-6,9,11-13,25H,3-4,7-8,10H2,1-2H3,(H,26,31)(H2,24,28,29). The number of carbonyl (C=O) groups excluding carboxylic acids is 1. The molecular formula is C22H26ClN7O2. The molecule has 32 heavy (non-hydrogen) atoms. The van der Waals surface area contributed by atoms with Gasteiger partial charge in [0.15, 0.2) is 11.5 Å². The molecule has 9 nitrogen and oxygen atoms in total. The molecular weight excluding hydrogens is 430 g/mol. The molecule has 3 heterocycles. The van der Waals surface area contributed by atoms with Crippen LogP contribution in [0.2, 0.25) is 5.28 Å². The van der Waals surface area contributed by atoms with Crippen molar-refractivity contribution < 1.29 is 9.53 Å². The third-order valence-electron chi connectivity index (χ3n) is 5.33. The topological polar surface area (TPSA) is 124 Å². The number of nitrogens with two attached hydrogens (primary N) is 1. The molecule has 4 rings (SSSR count). The van der Waals surface area contributed by atoms with Crippen LogP contribution in [0.3, 0.4) is 0 Å². The summed E-state index contributed by atoms with van der Waals surface area (Å²) in [5, 5.41) is 4.09. The molecule has 4 N–H and O–H groups in total. The first kappa shape index (κ1) is 21.9. The van der Waals surface area contributed by atoms with Gasteiger partial charge in [-0.3, -0.25) is 0 Å². The zero-order valence-corrected chi connectivity index (χ0v) is 18.8. The zero-order chi connectivity index (χ0) is 22.7. The Morgan fingerprint density at radius 1 is 1.31 bits per heavy atom. The molecule has 0 bridgehead atoms. The normalized spacial score (nSPS) is 11.5. The Morgan fingerprint density at radius 3 is 2.97 bits per heavy atom. The summed E-state index contributed by atoms with van der Waals surface area (Å²) in [6.07, 6.45) is 4.76. The Labute approximate surface area is 190 Å². The molecule has 1 amide bonds. The van der Waals surface area contributed by atoms with Crippen molar-refractivity contribution in [2.75, 3.05) is 12.3 Å². The fraction of sp³-hybridized carbons (Fsp3) is 0.364. The molecule has 0 aliphatic heterocycles. The summed E-state index contributed by atoms with van der Waals surface area (Å²) in [5.41, 5.74) is 10.3. The minimum Gasteiger partial charge on any atom is -0.450 e. The number of carbonyl (C=O) groups is 1. The van der Waals surface area contributed by atoms with Crippen LogP contribution in [0, 0.1) is 0 Å². The van der Waals surface area contributed by atoms with Crippen molar-refractivity contribution >= 4 is 45.6 Å². The van der Waals surface area contributed by atoms with E-state index < -0.39 is 6.09 Å². The zero-order valence-electron chi connectivity index (χ0n) is 18.1. The molecule has 0 radical (unpaired) electrons. The van der Waals surface area contributed by atoms with Crippen LogP contribution >= 0.6 is 11.6 Å². The van der Waals surface area contributed by atoms with E-state index in [1.54, 1.807) is 6.33 Å². The lowest BCUT2D eigenvalue weighted by Crippen LogP contribution is -2.24. The molecule has 0 aliphatic carbocycles. The number of rotatable bonds is 8. The van der Waals surface area contributed by atoms with Crippen LogP contribution in [0.15, 0.2) is 30.7 Å². The number of unbranched alkanes of at least 4 members (excludes halogenated alkanes) is 1. The number of amides is 1. The van der Waals surface area contributed by atoms with Gasteiger partial charge >= 0.3 is 6.09 Å². The van der Waals surface area contributed by atoms with E-state index in [1.807, 2.05) is 22.9 Å². The molecule has 1 aromatic carbocycles. The number of hydrogen-bond acceptors (Lipinski definition) is 6. The highest BCUT2D eigenvalue weighted by atomic mass is 35.5. The van der Waals surface area contributed by atoms with Crippen molar-refractivity contribution in [1.29, 1.82) is 0 Å². The van der Waals surface area contributed by atoms with Gasteiger partial charge in [0.2, 0.25) is 5.28 Å². The number of halogens is 1. The first-order valence-corrected chi connectivity index (χ1v) is 10.9. The number of hydrogen-bond donors (Lipinski definition) is 3. The predicted octanol–water partition coefficient (Wildman–Crippen LogP) is 4.37. The molecule has 10 heteroatoms. The highest BCUT2D eigenvalue weighted by Crippen LogP contribution is 2.26. The monoisotopic (exact) mass is 455 g/mol. The Bertz CT molecular complexity index is 1250. The number of ether oxygens (including phenoxy) is 1. The van der Waals surface area contributed by atoms with Gasteiger partial charge in [-0.1, -0.05) is 19.9 Å². The number of aromatic nitrogens is 5. The van der Waals surface area contributed by atoms with Crippen molar-refractivity contribution in [2.24, 2.45) is 0 Å². The quantitative estimate of drug-likeness (QED) is 0.267. The number of alkyl carbamates (subject to hydrolysis) is 1. The second-order valence-electron chi connectivity index (χ2n) is 7.96. The number of nitrogens with one attached hydrogen (secondary N) is 2. The van der Waals surface area contributed by atoms with Crippen LogP contribution in [0.25, 0.3) is 22.1 Å². The number of fused-ring (bicyclic) bond motifs is 2. The van der Waals surface area contributed by atoms with Gasteiger partial charge in [-0.15, -0.1) is 0 Å². The summed E-state index contributed by atoms with van der Waals surface area (Å²) < 4.78 is 7.16. The Hall–Kier alpha value is -3.33. The minimum absolute atomic E-state index is 0.0906. The minimum atomic E-state index is -0.427. The van der Waals surface area contributed by atoms with E-state index in [0.717, 1.165) is 17.5 Å². The Kier molecular flexibility index (Phi) is 6.45. The number of benzene rings is 1. The maximum atomic E-state index is 12.0. The van der Waals surface area contributed by atoms with Crippen LogP contribution in [-0.2, 0) is 17.8 Å². The van der Waals surface area contributed by atoms with Gasteiger partial charge < -0.3 is 25.3 Å². The van der Waals surface area contributed by atoms with Gasteiger partial charge in [0.1, 0.15) is 5.52 Å². The van der Waals surface area contributed by atoms with Crippen LogP contribution in [0.1, 0.15) is 43.7 Å². The molecule has 4 aromatic rings. The smallest absolute Gasteiger partial charge is 0.407 e. The van der Waals surface area contributed by atoms with E-state index in [0.29, 0.717) is 43.2 Å². The lowest BCUT2D eigenvalue weighted by Gasteiger charge is -2.09. The van der Waals surface area contributed by atoms with E-state index in [2.05, 4.69) is 45.2 Å². The number of H-pyrrole nitrogens is 1. The van der Waals surface area contributed by atoms with Gasteiger partial charge in [-0.2, -0.15) is 9.97 Å². The van der Waals surface area contributed by atoms with Crippen molar-refractivity contribution in [3.8, 4) is 0 Å². The molecule has 0 saturated heterocycles. The van der Waals surface area contributed by atoms with E-state index >= 15 is 0 Å². The summed E-state index contributed by atoms with van der Waals surface area (Å²) in [6.45, 7) is 5.73. The number of imidazole rings is 1. The van der Waals surface area contributed by atoms with E-state index in [-0.39, 0.29) is 11.1 Å². The van der Waals surface area contributed by atoms with Gasteiger partial charge in [-0.25, -0.2) is 9.78 Å². The maximum absolute atomic E-state index is 12.0. The average molecular weight is 456 g/mol. The first-order valence-electron chi connectivity index (χ1n) is 10.6. The summed E-state index contributed by atoms with van der Waals surface area (Å²) in [5.74, 6) is 0.689. The molecule has 168 valence electrons. The van der Waals surface area contributed by atoms with Crippen molar-refractivity contribution in [3.05, 3.63) is 47.1 Å². The third-order valence-corrected chi connectivity index (χ3v) is 5.50. The van der Waals surface area contributed by atoms with Crippen molar-refractivity contribution in [1.82, 2.24) is 29.8 Å². The molecule has 0 atom stereocenters. The van der Waals surface area contributed by atoms with Gasteiger partial charge in [0.25, 0.3) is 0 Å². The average Bonchev–Trinajstić information content (AvgIpc) is 3.36. The summed E-state index contributed by atoms with van der Waals surface area (Å²) in [4.78, 5) is 27.6. The van der Waals surface area contributed by atoms with Gasteiger partial charge in [-0.05, 0) is 53.6 Å². The molecule has 0 fully saturated rings.